The number of hydrogen-bond acceptors (Lipinski definition) is 1. The van der Waals surface area contributed by atoms with Gasteiger partial charge in [0.2, 0.25) is 0 Å². The molecule has 0 saturated carbocycles. The number of hydrogen-bond donors (Lipinski definition) is 0. The maximum Gasteiger partial charge on any atom is 0.102 e. The van der Waals surface area contributed by atoms with Crippen molar-refractivity contribution < 1.29 is 13.7 Å². The van der Waals surface area contributed by atoms with Crippen LogP contribution >= 0.6 is 0 Å². The van der Waals surface area contributed by atoms with Crippen LogP contribution in [0.4, 0.5) is 0 Å². The third-order valence-corrected chi connectivity index (χ3v) is 6.29. The van der Waals surface area contributed by atoms with Crippen LogP contribution in [0.5, 0.6) is 0 Å². The molecule has 2 aliphatic rings. The minimum atomic E-state index is 0.970. The molecular formula is C18H38N2O+2. The summed E-state index contributed by atoms with van der Waals surface area (Å²) in [6.07, 6.45) is 8.56. The number of rotatable bonds is 8. The highest BCUT2D eigenvalue weighted by Gasteiger charge is 2.29. The Hall–Kier alpha value is -0.120. The average Bonchev–Trinajstić information content (AvgIpc) is 2.56. The van der Waals surface area contributed by atoms with E-state index in [0.29, 0.717) is 0 Å². The number of likely N-dealkylation sites (N-methyl/N-ethyl adjacent to an activating group) is 2. The van der Waals surface area contributed by atoms with Gasteiger partial charge in [0.15, 0.2) is 0 Å². The van der Waals surface area contributed by atoms with Gasteiger partial charge in [0.1, 0.15) is 13.1 Å². The van der Waals surface area contributed by atoms with Gasteiger partial charge in [0.25, 0.3) is 0 Å². The van der Waals surface area contributed by atoms with Gasteiger partial charge < -0.3 is 13.7 Å². The lowest BCUT2D eigenvalue weighted by molar-refractivity contribution is -0.934. The zero-order valence-electron chi connectivity index (χ0n) is 14.6. The minimum absolute atomic E-state index is 0.970. The second kappa shape index (κ2) is 8.50. The molecule has 21 heavy (non-hydrogen) atoms. The maximum absolute atomic E-state index is 6.06. The monoisotopic (exact) mass is 298 g/mol. The van der Waals surface area contributed by atoms with Gasteiger partial charge in [-0.3, -0.25) is 0 Å². The Balaban J connectivity index is 1.64. The van der Waals surface area contributed by atoms with Gasteiger partial charge in [-0.25, -0.2) is 0 Å². The smallest absolute Gasteiger partial charge is 0.102 e. The second-order valence-corrected chi connectivity index (χ2v) is 7.39. The van der Waals surface area contributed by atoms with Crippen molar-refractivity contribution in [2.75, 3.05) is 65.6 Å². The molecule has 0 amide bonds. The van der Waals surface area contributed by atoms with E-state index in [9.17, 15) is 0 Å². The van der Waals surface area contributed by atoms with Gasteiger partial charge in [-0.2, -0.15) is 0 Å². The summed E-state index contributed by atoms with van der Waals surface area (Å²) < 4.78 is 8.69. The van der Waals surface area contributed by atoms with Crippen LogP contribution in [0.3, 0.4) is 0 Å². The Morgan fingerprint density at radius 3 is 1.33 bits per heavy atom. The molecule has 0 aromatic rings. The lowest BCUT2D eigenvalue weighted by Crippen LogP contribution is -2.54. The van der Waals surface area contributed by atoms with Crippen molar-refractivity contribution in [3.8, 4) is 0 Å². The Kier molecular flexibility index (Phi) is 6.97. The van der Waals surface area contributed by atoms with Crippen molar-refractivity contribution in [3.05, 3.63) is 0 Å². The first-order valence-corrected chi connectivity index (χ1v) is 9.52. The van der Waals surface area contributed by atoms with Crippen molar-refractivity contribution in [2.24, 2.45) is 0 Å². The molecule has 0 N–H and O–H groups in total. The summed E-state index contributed by atoms with van der Waals surface area (Å²) >= 11 is 0. The highest BCUT2D eigenvalue weighted by Crippen LogP contribution is 2.19. The molecule has 0 spiro atoms. The fourth-order valence-electron chi connectivity index (χ4n) is 4.38. The average molecular weight is 299 g/mol. The molecule has 124 valence electrons. The first kappa shape index (κ1) is 17.2. The van der Waals surface area contributed by atoms with E-state index in [0.717, 1.165) is 13.2 Å². The maximum atomic E-state index is 6.06. The summed E-state index contributed by atoms with van der Waals surface area (Å²) in [5, 5.41) is 0. The molecule has 0 atom stereocenters. The van der Waals surface area contributed by atoms with Crippen molar-refractivity contribution in [2.45, 2.75) is 52.4 Å². The molecule has 2 rings (SSSR count). The molecule has 0 aromatic carbocycles. The van der Waals surface area contributed by atoms with Crippen LogP contribution in [0, 0.1) is 0 Å². The van der Waals surface area contributed by atoms with E-state index in [1.807, 2.05) is 0 Å². The standard InChI is InChI=1S/C18H38N2O/c1-3-19(11-7-5-8-12-19)15-17-21-18-16-20(4-2)13-9-6-10-14-20/h3-18H2,1-2H3/q+2. The molecule has 0 radical (unpaired) electrons. The Labute approximate surface area is 132 Å². The summed E-state index contributed by atoms with van der Waals surface area (Å²) in [6, 6.07) is 0. The molecule has 2 saturated heterocycles. The van der Waals surface area contributed by atoms with Gasteiger partial charge >= 0.3 is 0 Å². The van der Waals surface area contributed by atoms with E-state index in [4.69, 9.17) is 4.74 Å². The predicted molar refractivity (Wildman–Crippen MR) is 89.3 cm³/mol. The number of nitrogens with zero attached hydrogens (tertiary/aromatic N) is 2. The molecule has 0 unspecified atom stereocenters. The Bertz CT molecular complexity index is 253. The van der Waals surface area contributed by atoms with Crippen LogP contribution in [0.25, 0.3) is 0 Å². The zero-order chi connectivity index (χ0) is 15.0. The lowest BCUT2D eigenvalue weighted by atomic mass is 10.1. The Morgan fingerprint density at radius 1 is 0.619 bits per heavy atom. The molecule has 3 heteroatoms. The predicted octanol–water partition coefficient (Wildman–Crippen LogP) is 3.04. The van der Waals surface area contributed by atoms with Gasteiger partial charge in [0.05, 0.1) is 52.5 Å². The van der Waals surface area contributed by atoms with Crippen LogP contribution < -0.4 is 0 Å². The van der Waals surface area contributed by atoms with Crippen LogP contribution in [-0.4, -0.2) is 74.5 Å². The third kappa shape index (κ3) is 4.94. The van der Waals surface area contributed by atoms with Crippen molar-refractivity contribution in [1.82, 2.24) is 0 Å². The van der Waals surface area contributed by atoms with Crippen LogP contribution in [0.1, 0.15) is 52.4 Å². The van der Waals surface area contributed by atoms with E-state index >= 15 is 0 Å². The molecule has 2 aliphatic heterocycles. The van der Waals surface area contributed by atoms with E-state index < -0.39 is 0 Å². The fourth-order valence-corrected chi connectivity index (χ4v) is 4.38. The first-order valence-electron chi connectivity index (χ1n) is 9.52. The largest absolute Gasteiger partial charge is 0.370 e. The van der Waals surface area contributed by atoms with Crippen LogP contribution in [-0.2, 0) is 4.74 Å². The summed E-state index contributed by atoms with van der Waals surface area (Å²) in [4.78, 5) is 0. The quantitative estimate of drug-likeness (QED) is 0.494. The third-order valence-electron chi connectivity index (χ3n) is 6.29. The van der Waals surface area contributed by atoms with Crippen molar-refractivity contribution >= 4 is 0 Å². The molecule has 0 aliphatic carbocycles. The second-order valence-electron chi connectivity index (χ2n) is 7.39. The van der Waals surface area contributed by atoms with Crippen molar-refractivity contribution in [1.29, 1.82) is 0 Å². The highest BCUT2D eigenvalue weighted by atomic mass is 16.5. The molecule has 2 fully saturated rings. The zero-order valence-corrected chi connectivity index (χ0v) is 14.6. The molecular weight excluding hydrogens is 260 g/mol. The van der Waals surface area contributed by atoms with Crippen molar-refractivity contribution in [3.63, 3.8) is 0 Å². The van der Waals surface area contributed by atoms with E-state index in [1.165, 1.54) is 99.8 Å². The SMILES string of the molecule is CC[N+]1(CCOCC[N+]2(CC)CCCCC2)CCCCC1. The minimum Gasteiger partial charge on any atom is -0.370 e. The first-order chi connectivity index (χ1) is 10.2. The molecule has 2 heterocycles. The highest BCUT2D eigenvalue weighted by molar-refractivity contribution is 4.55. The molecule has 0 bridgehead atoms. The normalized spacial score (nSPS) is 24.9. The van der Waals surface area contributed by atoms with E-state index in [-0.39, 0.29) is 0 Å². The van der Waals surface area contributed by atoms with Gasteiger partial charge in [0, 0.05) is 0 Å². The van der Waals surface area contributed by atoms with Gasteiger partial charge in [-0.05, 0) is 52.4 Å². The van der Waals surface area contributed by atoms with Gasteiger partial charge in [-0.15, -0.1) is 0 Å². The number of ether oxygens (including phenoxy) is 1. The van der Waals surface area contributed by atoms with E-state index in [2.05, 4.69) is 13.8 Å². The lowest BCUT2D eigenvalue weighted by Gasteiger charge is -2.41. The summed E-state index contributed by atoms with van der Waals surface area (Å²) in [5.74, 6) is 0. The topological polar surface area (TPSA) is 9.23 Å². The molecule has 0 aromatic heterocycles. The fraction of sp³-hybridized carbons (Fsp3) is 1.00. The number of piperidine rings is 2. The van der Waals surface area contributed by atoms with Crippen LogP contribution in [0.2, 0.25) is 0 Å². The van der Waals surface area contributed by atoms with Crippen LogP contribution in [0.15, 0.2) is 0 Å². The molecule has 3 nitrogen and oxygen atoms in total. The van der Waals surface area contributed by atoms with E-state index in [1.54, 1.807) is 0 Å². The summed E-state index contributed by atoms with van der Waals surface area (Å²) in [7, 11) is 0. The van der Waals surface area contributed by atoms with Gasteiger partial charge in [-0.1, -0.05) is 0 Å². The summed E-state index contributed by atoms with van der Waals surface area (Å²) in [5.41, 5.74) is 0. The number of likely N-dealkylation sites (tertiary alicyclic amines) is 2. The Morgan fingerprint density at radius 2 is 1.00 bits per heavy atom. The number of quaternary nitrogens is 2. The summed E-state index contributed by atoms with van der Waals surface area (Å²) in [6.45, 7) is 17.2.